The summed E-state index contributed by atoms with van der Waals surface area (Å²) in [5.41, 5.74) is 1.49. The smallest absolute Gasteiger partial charge is 0.303 e. The monoisotopic (exact) mass is 291 g/mol. The zero-order chi connectivity index (χ0) is 15.4. The molecule has 1 aromatic rings. The molecule has 21 heavy (non-hydrogen) atoms. The Balaban J connectivity index is 2.11. The fourth-order valence-corrected chi connectivity index (χ4v) is 2.33. The number of ether oxygens (including phenoxy) is 1. The number of hydrogen-bond donors (Lipinski definition) is 2. The highest BCUT2D eigenvalue weighted by Crippen LogP contribution is 2.23. The molecule has 5 heteroatoms. The van der Waals surface area contributed by atoms with Gasteiger partial charge in [-0.25, -0.2) is 0 Å². The zero-order valence-electron chi connectivity index (χ0n) is 12.4. The number of hydrogen-bond acceptors (Lipinski definition) is 4. The number of carboxylic acid groups (broad SMARTS) is 1. The first-order chi connectivity index (χ1) is 10.0. The maximum atomic E-state index is 12.6. The van der Waals surface area contributed by atoms with E-state index in [9.17, 15) is 9.59 Å². The highest BCUT2D eigenvalue weighted by Gasteiger charge is 2.29. The SMILES string of the molecule is COc1ccc(C(=O)C(CCC(=O)O)NC2CC2)cc1C. The van der Waals surface area contributed by atoms with Gasteiger partial charge in [0.2, 0.25) is 0 Å². The predicted molar refractivity (Wildman–Crippen MR) is 78.9 cm³/mol. The first-order valence-electron chi connectivity index (χ1n) is 7.18. The van der Waals surface area contributed by atoms with Crippen molar-refractivity contribution in [3.8, 4) is 5.75 Å². The molecular formula is C16H21NO4. The quantitative estimate of drug-likeness (QED) is 0.718. The van der Waals surface area contributed by atoms with Crippen molar-refractivity contribution in [2.45, 2.75) is 44.7 Å². The molecule has 0 saturated heterocycles. The summed E-state index contributed by atoms with van der Waals surface area (Å²) in [4.78, 5) is 23.3. The van der Waals surface area contributed by atoms with Gasteiger partial charge in [0.1, 0.15) is 5.75 Å². The number of methoxy groups -OCH3 is 1. The third-order valence-corrected chi connectivity index (χ3v) is 3.66. The first-order valence-corrected chi connectivity index (χ1v) is 7.18. The normalized spacial score (nSPS) is 15.5. The number of aryl methyl sites for hydroxylation is 1. The van der Waals surface area contributed by atoms with Crippen LogP contribution in [0.25, 0.3) is 0 Å². The van der Waals surface area contributed by atoms with E-state index in [1.54, 1.807) is 25.3 Å². The van der Waals surface area contributed by atoms with Crippen molar-refractivity contribution >= 4 is 11.8 Å². The predicted octanol–water partition coefficient (Wildman–Crippen LogP) is 2.17. The molecule has 0 radical (unpaired) electrons. The lowest BCUT2D eigenvalue weighted by atomic mass is 9.98. The number of rotatable bonds is 8. The van der Waals surface area contributed by atoms with Gasteiger partial charge in [0.05, 0.1) is 13.2 Å². The van der Waals surface area contributed by atoms with E-state index in [1.165, 1.54) is 0 Å². The molecule has 2 N–H and O–H groups in total. The van der Waals surface area contributed by atoms with Crippen molar-refractivity contribution in [2.75, 3.05) is 7.11 Å². The van der Waals surface area contributed by atoms with Crippen LogP contribution < -0.4 is 10.1 Å². The van der Waals surface area contributed by atoms with Crippen LogP contribution in [0.15, 0.2) is 18.2 Å². The van der Waals surface area contributed by atoms with Crippen molar-refractivity contribution in [3.05, 3.63) is 29.3 Å². The molecule has 114 valence electrons. The highest BCUT2D eigenvalue weighted by molar-refractivity contribution is 6.00. The van der Waals surface area contributed by atoms with Crippen LogP contribution in [0.1, 0.15) is 41.6 Å². The van der Waals surface area contributed by atoms with Gasteiger partial charge in [-0.15, -0.1) is 0 Å². The van der Waals surface area contributed by atoms with Crippen molar-refractivity contribution in [1.82, 2.24) is 5.32 Å². The summed E-state index contributed by atoms with van der Waals surface area (Å²) in [6, 6.07) is 5.22. The van der Waals surface area contributed by atoms with E-state index >= 15 is 0 Å². The van der Waals surface area contributed by atoms with E-state index in [0.29, 0.717) is 18.0 Å². The number of nitrogens with one attached hydrogen (secondary N) is 1. The summed E-state index contributed by atoms with van der Waals surface area (Å²) >= 11 is 0. The zero-order valence-corrected chi connectivity index (χ0v) is 12.4. The maximum absolute atomic E-state index is 12.6. The Labute approximate surface area is 124 Å². The second-order valence-corrected chi connectivity index (χ2v) is 5.47. The van der Waals surface area contributed by atoms with E-state index in [1.807, 2.05) is 6.92 Å². The number of aliphatic carboxylic acids is 1. The van der Waals surface area contributed by atoms with Crippen molar-refractivity contribution in [2.24, 2.45) is 0 Å². The minimum atomic E-state index is -0.878. The Morgan fingerprint density at radius 2 is 2.14 bits per heavy atom. The molecule has 5 nitrogen and oxygen atoms in total. The van der Waals surface area contributed by atoms with Crippen LogP contribution in [0.2, 0.25) is 0 Å². The second-order valence-electron chi connectivity index (χ2n) is 5.47. The lowest BCUT2D eigenvalue weighted by molar-refractivity contribution is -0.137. The highest BCUT2D eigenvalue weighted by atomic mass is 16.5. The van der Waals surface area contributed by atoms with Crippen LogP contribution in [-0.2, 0) is 4.79 Å². The van der Waals surface area contributed by atoms with Gasteiger partial charge in [0, 0.05) is 18.0 Å². The van der Waals surface area contributed by atoms with Crippen LogP contribution in [0, 0.1) is 6.92 Å². The summed E-state index contributed by atoms with van der Waals surface area (Å²) in [6.07, 6.45) is 2.41. The van der Waals surface area contributed by atoms with Gasteiger partial charge in [-0.3, -0.25) is 9.59 Å². The number of carboxylic acids is 1. The van der Waals surface area contributed by atoms with Gasteiger partial charge in [0.15, 0.2) is 5.78 Å². The number of benzene rings is 1. The molecule has 0 amide bonds. The molecule has 1 saturated carbocycles. The van der Waals surface area contributed by atoms with Crippen LogP contribution >= 0.6 is 0 Å². The summed E-state index contributed by atoms with van der Waals surface area (Å²) in [5.74, 6) is -0.186. The average molecular weight is 291 g/mol. The Morgan fingerprint density at radius 1 is 1.43 bits per heavy atom. The van der Waals surface area contributed by atoms with Crippen molar-refractivity contribution in [3.63, 3.8) is 0 Å². The van der Waals surface area contributed by atoms with Crippen molar-refractivity contribution in [1.29, 1.82) is 0 Å². The van der Waals surface area contributed by atoms with E-state index < -0.39 is 12.0 Å². The summed E-state index contributed by atoms with van der Waals surface area (Å²) < 4.78 is 5.19. The molecule has 1 aliphatic rings. The van der Waals surface area contributed by atoms with Gasteiger partial charge in [-0.2, -0.15) is 0 Å². The molecule has 0 bridgehead atoms. The summed E-state index contributed by atoms with van der Waals surface area (Å²) in [7, 11) is 1.59. The fourth-order valence-electron chi connectivity index (χ4n) is 2.33. The summed E-state index contributed by atoms with van der Waals surface area (Å²) in [5, 5.41) is 12.1. The molecule has 1 aliphatic carbocycles. The molecule has 1 aromatic carbocycles. The molecule has 0 spiro atoms. The van der Waals surface area contributed by atoms with Gasteiger partial charge in [-0.1, -0.05) is 0 Å². The second kappa shape index (κ2) is 6.72. The van der Waals surface area contributed by atoms with E-state index in [2.05, 4.69) is 5.32 Å². The Bertz CT molecular complexity index is 537. The Kier molecular flexibility index (Phi) is 4.96. The van der Waals surface area contributed by atoms with Gasteiger partial charge in [0.25, 0.3) is 0 Å². The molecule has 1 unspecified atom stereocenters. The van der Waals surface area contributed by atoms with Gasteiger partial charge >= 0.3 is 5.97 Å². The van der Waals surface area contributed by atoms with E-state index in [4.69, 9.17) is 9.84 Å². The maximum Gasteiger partial charge on any atom is 0.303 e. The van der Waals surface area contributed by atoms with Crippen LogP contribution in [-0.4, -0.2) is 36.1 Å². The third kappa shape index (κ3) is 4.29. The molecule has 1 atom stereocenters. The number of carbonyl (C=O) groups is 2. The van der Waals surface area contributed by atoms with E-state index in [-0.39, 0.29) is 12.2 Å². The van der Waals surface area contributed by atoms with Gasteiger partial charge < -0.3 is 15.2 Å². The molecule has 0 heterocycles. The average Bonchev–Trinajstić information content (AvgIpc) is 3.26. The van der Waals surface area contributed by atoms with Crippen LogP contribution in [0.4, 0.5) is 0 Å². The van der Waals surface area contributed by atoms with Crippen LogP contribution in [0.3, 0.4) is 0 Å². The number of ketones is 1. The minimum absolute atomic E-state index is 0.00867. The first kappa shape index (κ1) is 15.5. The van der Waals surface area contributed by atoms with Crippen LogP contribution in [0.5, 0.6) is 5.75 Å². The molecule has 0 aromatic heterocycles. The van der Waals surface area contributed by atoms with Gasteiger partial charge in [-0.05, 0) is 49.9 Å². The summed E-state index contributed by atoms with van der Waals surface area (Å²) in [6.45, 7) is 1.89. The Morgan fingerprint density at radius 3 is 2.67 bits per heavy atom. The lowest BCUT2D eigenvalue weighted by Crippen LogP contribution is -2.38. The number of Topliss-reactive ketones (excluding diaryl/α,β-unsaturated/α-hetero) is 1. The third-order valence-electron chi connectivity index (χ3n) is 3.66. The lowest BCUT2D eigenvalue weighted by Gasteiger charge is -2.17. The molecule has 2 rings (SSSR count). The van der Waals surface area contributed by atoms with Crippen molar-refractivity contribution < 1.29 is 19.4 Å². The topological polar surface area (TPSA) is 75.6 Å². The largest absolute Gasteiger partial charge is 0.496 e. The standard InChI is InChI=1S/C16H21NO4/c1-10-9-11(3-7-14(10)21-2)16(20)13(6-8-15(18)19)17-12-4-5-12/h3,7,9,12-13,17H,4-6,8H2,1-2H3,(H,18,19). The number of carbonyl (C=O) groups excluding carboxylic acids is 1. The Hall–Kier alpha value is -1.88. The fraction of sp³-hybridized carbons (Fsp3) is 0.500. The minimum Gasteiger partial charge on any atom is -0.496 e. The molecule has 1 fully saturated rings. The molecular weight excluding hydrogens is 270 g/mol. The molecule has 0 aliphatic heterocycles. The van der Waals surface area contributed by atoms with E-state index in [0.717, 1.165) is 24.2 Å².